The van der Waals surface area contributed by atoms with E-state index in [1.54, 1.807) is 17.2 Å². The molecule has 0 unspecified atom stereocenters. The Hall–Kier alpha value is -2.43. The standard InChI is InChI=1S/C18H20N4O/c1-13-7-9-15(10-8-13)22-17-16(11-20-22)18(23)21(12-19-17)14-5-3-2-4-6-14/h7-12,14H,2-6H2,1H3. The van der Waals surface area contributed by atoms with Gasteiger partial charge in [-0.05, 0) is 31.9 Å². The Kier molecular flexibility index (Phi) is 3.48. The highest BCUT2D eigenvalue weighted by Gasteiger charge is 2.19. The normalized spacial score (nSPS) is 16.0. The summed E-state index contributed by atoms with van der Waals surface area (Å²) in [5.74, 6) is 0. The Morgan fingerprint density at radius 2 is 1.83 bits per heavy atom. The SMILES string of the molecule is Cc1ccc(-n2ncc3c(=O)n(C4CCCCC4)cnc32)cc1. The molecule has 2 aromatic heterocycles. The molecular formula is C18H20N4O. The summed E-state index contributed by atoms with van der Waals surface area (Å²) < 4.78 is 3.55. The van der Waals surface area contributed by atoms with Crippen LogP contribution in [0.4, 0.5) is 0 Å². The van der Waals surface area contributed by atoms with Gasteiger partial charge in [0.1, 0.15) is 11.7 Å². The second kappa shape index (κ2) is 5.65. The molecule has 0 radical (unpaired) electrons. The lowest BCUT2D eigenvalue weighted by atomic mass is 9.95. The molecule has 2 heterocycles. The molecule has 0 bridgehead atoms. The summed E-state index contributed by atoms with van der Waals surface area (Å²) in [5, 5.41) is 4.98. The van der Waals surface area contributed by atoms with E-state index in [1.165, 1.54) is 24.8 Å². The summed E-state index contributed by atoms with van der Waals surface area (Å²) in [6.45, 7) is 2.05. The minimum atomic E-state index is 0.0280. The van der Waals surface area contributed by atoms with Gasteiger partial charge in [-0.25, -0.2) is 9.67 Å². The van der Waals surface area contributed by atoms with Crippen molar-refractivity contribution in [1.82, 2.24) is 19.3 Å². The zero-order valence-electron chi connectivity index (χ0n) is 13.3. The topological polar surface area (TPSA) is 52.7 Å². The number of aryl methyl sites for hydroxylation is 1. The predicted molar refractivity (Wildman–Crippen MR) is 90.0 cm³/mol. The maximum atomic E-state index is 12.8. The van der Waals surface area contributed by atoms with E-state index in [4.69, 9.17) is 0 Å². The Bertz CT molecular complexity index is 886. The van der Waals surface area contributed by atoms with Crippen molar-refractivity contribution in [1.29, 1.82) is 0 Å². The first-order valence-corrected chi connectivity index (χ1v) is 8.26. The summed E-state index contributed by atoms with van der Waals surface area (Å²) in [6.07, 6.45) is 9.14. The molecule has 1 aliphatic rings. The fraction of sp³-hybridized carbons (Fsp3) is 0.389. The summed E-state index contributed by atoms with van der Waals surface area (Å²) in [6, 6.07) is 8.35. The van der Waals surface area contributed by atoms with Crippen molar-refractivity contribution in [3.63, 3.8) is 0 Å². The predicted octanol–water partition coefficient (Wildman–Crippen LogP) is 3.40. The Morgan fingerprint density at radius 1 is 1.09 bits per heavy atom. The maximum Gasteiger partial charge on any atom is 0.264 e. The van der Waals surface area contributed by atoms with E-state index in [2.05, 4.69) is 10.1 Å². The molecule has 1 saturated carbocycles. The van der Waals surface area contributed by atoms with Gasteiger partial charge in [0.05, 0.1) is 11.9 Å². The van der Waals surface area contributed by atoms with Gasteiger partial charge in [-0.15, -0.1) is 0 Å². The van der Waals surface area contributed by atoms with Crippen LogP contribution in [-0.4, -0.2) is 19.3 Å². The quantitative estimate of drug-likeness (QED) is 0.729. The number of benzene rings is 1. The van der Waals surface area contributed by atoms with Crippen LogP contribution in [-0.2, 0) is 0 Å². The molecule has 0 saturated heterocycles. The van der Waals surface area contributed by atoms with E-state index in [0.29, 0.717) is 11.0 Å². The summed E-state index contributed by atoms with van der Waals surface area (Å²) in [4.78, 5) is 17.3. The average molecular weight is 308 g/mol. The van der Waals surface area contributed by atoms with Crippen LogP contribution >= 0.6 is 0 Å². The third kappa shape index (κ3) is 2.46. The van der Waals surface area contributed by atoms with Crippen molar-refractivity contribution in [2.75, 3.05) is 0 Å². The Balaban J connectivity index is 1.80. The second-order valence-electron chi connectivity index (χ2n) is 6.38. The van der Waals surface area contributed by atoms with Gasteiger partial charge in [0, 0.05) is 6.04 Å². The number of fused-ring (bicyclic) bond motifs is 1. The molecule has 23 heavy (non-hydrogen) atoms. The zero-order chi connectivity index (χ0) is 15.8. The highest BCUT2D eigenvalue weighted by atomic mass is 16.1. The van der Waals surface area contributed by atoms with Crippen molar-refractivity contribution in [2.45, 2.75) is 45.1 Å². The molecule has 0 N–H and O–H groups in total. The van der Waals surface area contributed by atoms with Gasteiger partial charge in [-0.3, -0.25) is 9.36 Å². The number of rotatable bonds is 2. The minimum absolute atomic E-state index is 0.0280. The maximum absolute atomic E-state index is 12.8. The van der Waals surface area contributed by atoms with Crippen LogP contribution in [0.25, 0.3) is 16.7 Å². The lowest BCUT2D eigenvalue weighted by molar-refractivity contribution is 0.345. The van der Waals surface area contributed by atoms with Gasteiger partial charge in [0.2, 0.25) is 0 Å². The van der Waals surface area contributed by atoms with Gasteiger partial charge >= 0.3 is 0 Å². The third-order valence-electron chi connectivity index (χ3n) is 4.76. The second-order valence-corrected chi connectivity index (χ2v) is 6.38. The molecule has 0 spiro atoms. The number of aromatic nitrogens is 4. The Morgan fingerprint density at radius 3 is 2.57 bits per heavy atom. The third-order valence-corrected chi connectivity index (χ3v) is 4.76. The van der Waals surface area contributed by atoms with E-state index in [0.717, 1.165) is 18.5 Å². The molecular weight excluding hydrogens is 288 g/mol. The van der Waals surface area contributed by atoms with Crippen molar-refractivity contribution in [3.8, 4) is 5.69 Å². The first kappa shape index (κ1) is 14.2. The number of nitrogens with zero attached hydrogens (tertiary/aromatic N) is 4. The molecule has 5 heteroatoms. The molecule has 1 aromatic carbocycles. The molecule has 0 aliphatic heterocycles. The molecule has 1 fully saturated rings. The molecule has 0 amide bonds. The molecule has 3 aromatic rings. The highest BCUT2D eigenvalue weighted by molar-refractivity contribution is 5.74. The zero-order valence-corrected chi connectivity index (χ0v) is 13.3. The van der Waals surface area contributed by atoms with Crippen LogP contribution in [0.15, 0.2) is 41.6 Å². The van der Waals surface area contributed by atoms with E-state index in [1.807, 2.05) is 35.8 Å². The summed E-state index contributed by atoms with van der Waals surface area (Å²) in [5.41, 5.74) is 2.77. The van der Waals surface area contributed by atoms with Gasteiger partial charge in [0.15, 0.2) is 5.65 Å². The first-order valence-electron chi connectivity index (χ1n) is 8.26. The molecule has 1 aliphatic carbocycles. The smallest absolute Gasteiger partial charge is 0.264 e. The molecule has 118 valence electrons. The highest BCUT2D eigenvalue weighted by Crippen LogP contribution is 2.27. The van der Waals surface area contributed by atoms with E-state index in [-0.39, 0.29) is 11.6 Å². The van der Waals surface area contributed by atoms with Crippen LogP contribution in [0.1, 0.15) is 43.7 Å². The largest absolute Gasteiger partial charge is 0.295 e. The van der Waals surface area contributed by atoms with Crippen molar-refractivity contribution in [3.05, 3.63) is 52.7 Å². The van der Waals surface area contributed by atoms with E-state index >= 15 is 0 Å². The van der Waals surface area contributed by atoms with Gasteiger partial charge in [-0.2, -0.15) is 5.10 Å². The molecule has 5 nitrogen and oxygen atoms in total. The number of hydrogen-bond acceptors (Lipinski definition) is 3. The first-order chi connectivity index (χ1) is 11.2. The Labute approximate surface area is 134 Å². The van der Waals surface area contributed by atoms with Crippen LogP contribution < -0.4 is 5.56 Å². The minimum Gasteiger partial charge on any atom is -0.295 e. The van der Waals surface area contributed by atoms with E-state index < -0.39 is 0 Å². The fourth-order valence-electron chi connectivity index (χ4n) is 3.42. The fourth-order valence-corrected chi connectivity index (χ4v) is 3.42. The summed E-state index contributed by atoms with van der Waals surface area (Å²) in [7, 11) is 0. The molecule has 0 atom stereocenters. The lowest BCUT2D eigenvalue weighted by Crippen LogP contribution is -2.26. The monoisotopic (exact) mass is 308 g/mol. The van der Waals surface area contributed by atoms with Crippen LogP contribution in [0.2, 0.25) is 0 Å². The average Bonchev–Trinajstić information content (AvgIpc) is 3.02. The number of hydrogen-bond donors (Lipinski definition) is 0. The lowest BCUT2D eigenvalue weighted by Gasteiger charge is -2.23. The van der Waals surface area contributed by atoms with Crippen molar-refractivity contribution < 1.29 is 0 Å². The van der Waals surface area contributed by atoms with Crippen molar-refractivity contribution in [2.24, 2.45) is 0 Å². The van der Waals surface area contributed by atoms with Gasteiger partial charge in [-0.1, -0.05) is 37.0 Å². The van der Waals surface area contributed by atoms with Gasteiger partial charge < -0.3 is 0 Å². The molecule has 4 rings (SSSR count). The van der Waals surface area contributed by atoms with Crippen molar-refractivity contribution >= 4 is 11.0 Å². The van der Waals surface area contributed by atoms with Crippen LogP contribution in [0.3, 0.4) is 0 Å². The van der Waals surface area contributed by atoms with Crippen LogP contribution in [0, 0.1) is 6.92 Å². The van der Waals surface area contributed by atoms with Gasteiger partial charge in [0.25, 0.3) is 5.56 Å². The summed E-state index contributed by atoms with van der Waals surface area (Å²) >= 11 is 0. The van der Waals surface area contributed by atoms with E-state index in [9.17, 15) is 4.79 Å². The van der Waals surface area contributed by atoms with Crippen LogP contribution in [0.5, 0.6) is 0 Å².